The number of hydrogen-bond acceptors (Lipinski definition) is 8. The number of rotatable bonds is 9. The number of ether oxygens (including phenoxy) is 1. The molecular weight excluding hydrogens is 553 g/mol. The molecule has 0 spiro atoms. The summed E-state index contributed by atoms with van der Waals surface area (Å²) in [4.78, 5) is 25.0. The predicted molar refractivity (Wildman–Crippen MR) is 142 cm³/mol. The molecule has 1 saturated carbocycles. The SMILES string of the molecule is CCS(=O)(=O)c1ccc(CC(=O)Nc2nc3c(s2)CN(C[C@H]2CC[C@@](OC)(C(F)(F)F)CC2)[C@H]3C(C)C)nc1. The number of anilines is 1. The maximum Gasteiger partial charge on any atom is 0.417 e. The van der Waals surface area contributed by atoms with Gasteiger partial charge in [0.05, 0.1) is 28.8 Å². The van der Waals surface area contributed by atoms with Crippen LogP contribution in [0.3, 0.4) is 0 Å². The van der Waals surface area contributed by atoms with Gasteiger partial charge in [-0.15, -0.1) is 11.3 Å². The highest BCUT2D eigenvalue weighted by Gasteiger charge is 2.56. The number of halogens is 3. The minimum atomic E-state index is -4.37. The van der Waals surface area contributed by atoms with Crippen molar-refractivity contribution >= 4 is 32.2 Å². The van der Waals surface area contributed by atoms with E-state index in [-0.39, 0.29) is 53.7 Å². The van der Waals surface area contributed by atoms with Crippen molar-refractivity contribution in [2.75, 3.05) is 24.7 Å². The molecule has 1 atom stereocenters. The van der Waals surface area contributed by atoms with Gasteiger partial charge < -0.3 is 10.1 Å². The number of fused-ring (bicyclic) bond motifs is 1. The fraction of sp³-hybridized carbons (Fsp3) is 0.654. The van der Waals surface area contributed by atoms with E-state index < -0.39 is 21.6 Å². The van der Waals surface area contributed by atoms with Crippen molar-refractivity contribution in [3.05, 3.63) is 34.6 Å². The zero-order chi connectivity index (χ0) is 28.6. The number of hydrogen-bond donors (Lipinski definition) is 1. The average Bonchev–Trinajstić information content (AvgIpc) is 3.40. The Labute approximate surface area is 231 Å². The molecule has 216 valence electrons. The number of aromatic nitrogens is 2. The van der Waals surface area contributed by atoms with Crippen molar-refractivity contribution in [1.82, 2.24) is 14.9 Å². The van der Waals surface area contributed by atoms with E-state index in [0.29, 0.717) is 36.8 Å². The third kappa shape index (κ3) is 6.31. The summed E-state index contributed by atoms with van der Waals surface area (Å²) >= 11 is 1.41. The molecule has 0 unspecified atom stereocenters. The number of carbonyl (C=O) groups excluding carboxylic acids is 1. The fourth-order valence-electron chi connectivity index (χ4n) is 5.59. The molecule has 0 aromatic carbocycles. The van der Waals surface area contributed by atoms with Crippen molar-refractivity contribution in [2.45, 2.75) is 82.1 Å². The van der Waals surface area contributed by atoms with Crippen molar-refractivity contribution < 1.29 is 31.1 Å². The van der Waals surface area contributed by atoms with Gasteiger partial charge in [0.1, 0.15) is 0 Å². The van der Waals surface area contributed by atoms with E-state index in [9.17, 15) is 26.4 Å². The highest BCUT2D eigenvalue weighted by molar-refractivity contribution is 7.91. The quantitative estimate of drug-likeness (QED) is 0.432. The number of amides is 1. The first-order valence-electron chi connectivity index (χ1n) is 13.1. The lowest BCUT2D eigenvalue weighted by molar-refractivity contribution is -0.282. The summed E-state index contributed by atoms with van der Waals surface area (Å²) in [6, 6.07) is 3.01. The molecule has 0 radical (unpaired) electrons. The Morgan fingerprint density at radius 1 is 1.28 bits per heavy atom. The van der Waals surface area contributed by atoms with Crippen LogP contribution in [0.15, 0.2) is 23.2 Å². The minimum absolute atomic E-state index is 0.0149. The van der Waals surface area contributed by atoms with E-state index in [0.717, 1.165) is 17.7 Å². The number of methoxy groups -OCH3 is 1. The van der Waals surface area contributed by atoms with Crippen molar-refractivity contribution in [2.24, 2.45) is 11.8 Å². The topological polar surface area (TPSA) is 101 Å². The van der Waals surface area contributed by atoms with Crippen LogP contribution in [0, 0.1) is 11.8 Å². The first kappa shape index (κ1) is 29.9. The molecule has 1 aliphatic carbocycles. The molecule has 1 amide bonds. The number of sulfone groups is 1. The van der Waals surface area contributed by atoms with E-state index in [1.165, 1.54) is 29.7 Å². The lowest BCUT2D eigenvalue weighted by atomic mass is 9.78. The van der Waals surface area contributed by atoms with Crippen LogP contribution in [0.4, 0.5) is 18.3 Å². The van der Waals surface area contributed by atoms with Gasteiger partial charge >= 0.3 is 6.18 Å². The van der Waals surface area contributed by atoms with Crippen LogP contribution < -0.4 is 5.32 Å². The monoisotopic (exact) mass is 588 g/mol. The number of nitrogens with one attached hydrogen (secondary N) is 1. The Morgan fingerprint density at radius 2 is 1.97 bits per heavy atom. The van der Waals surface area contributed by atoms with Crippen LogP contribution in [0.25, 0.3) is 0 Å². The second kappa shape index (κ2) is 11.4. The standard InChI is InChI=1S/C26H35F3N4O4S2/c1-5-39(35,36)19-7-6-18(30-13-19)12-21(34)31-24-32-22-20(38-24)15-33(23(22)16(2)3)14-17-8-10-25(37-4,11-9-17)26(27,28)29/h6-7,13,16-17,23H,5,8-12,14-15H2,1-4H3,(H,31,32,34)/t17-,23-,25-/m0/s1. The summed E-state index contributed by atoms with van der Waals surface area (Å²) in [6.07, 6.45) is -2.26. The number of alkyl halides is 3. The molecule has 39 heavy (non-hydrogen) atoms. The maximum atomic E-state index is 13.6. The molecule has 13 heteroatoms. The highest BCUT2D eigenvalue weighted by atomic mass is 32.2. The van der Waals surface area contributed by atoms with Crippen LogP contribution >= 0.6 is 11.3 Å². The molecule has 2 aromatic heterocycles. The van der Waals surface area contributed by atoms with Gasteiger partial charge in [0.15, 0.2) is 20.6 Å². The number of nitrogens with zero attached hydrogens (tertiary/aromatic N) is 3. The lowest BCUT2D eigenvalue weighted by Gasteiger charge is -2.41. The van der Waals surface area contributed by atoms with Crippen LogP contribution in [0.5, 0.6) is 0 Å². The maximum absolute atomic E-state index is 13.6. The summed E-state index contributed by atoms with van der Waals surface area (Å²) in [5.41, 5.74) is -0.674. The molecule has 3 heterocycles. The van der Waals surface area contributed by atoms with Gasteiger partial charge in [-0.2, -0.15) is 13.2 Å². The number of pyridine rings is 1. The van der Waals surface area contributed by atoms with Crippen molar-refractivity contribution in [1.29, 1.82) is 0 Å². The first-order chi connectivity index (χ1) is 18.3. The highest BCUT2D eigenvalue weighted by Crippen LogP contribution is 2.48. The van der Waals surface area contributed by atoms with Gasteiger partial charge in [0, 0.05) is 37.0 Å². The Morgan fingerprint density at radius 3 is 2.51 bits per heavy atom. The largest absolute Gasteiger partial charge is 0.417 e. The Hall–Kier alpha value is -2.09. The van der Waals surface area contributed by atoms with E-state index in [2.05, 4.69) is 29.0 Å². The zero-order valence-corrected chi connectivity index (χ0v) is 24.2. The molecular formula is C26H35F3N4O4S2. The molecule has 2 aromatic rings. The summed E-state index contributed by atoms with van der Waals surface area (Å²) in [5, 5.41) is 3.33. The Kier molecular flexibility index (Phi) is 8.75. The third-order valence-electron chi connectivity index (χ3n) is 7.82. The average molecular weight is 589 g/mol. The predicted octanol–water partition coefficient (Wildman–Crippen LogP) is 5.16. The van der Waals surface area contributed by atoms with Gasteiger partial charge in [-0.05, 0) is 49.7 Å². The molecule has 8 nitrogen and oxygen atoms in total. The molecule has 2 aliphatic rings. The van der Waals surface area contributed by atoms with Gasteiger partial charge in [-0.3, -0.25) is 14.7 Å². The van der Waals surface area contributed by atoms with Crippen molar-refractivity contribution in [3.63, 3.8) is 0 Å². The Bertz CT molecular complexity index is 1270. The number of thiazole rings is 1. The van der Waals surface area contributed by atoms with Crippen LogP contribution in [0.2, 0.25) is 0 Å². The van der Waals surface area contributed by atoms with Crippen LogP contribution in [-0.4, -0.2) is 60.4 Å². The van der Waals surface area contributed by atoms with Crippen molar-refractivity contribution in [3.8, 4) is 0 Å². The summed E-state index contributed by atoms with van der Waals surface area (Å²) in [5.74, 6) is 0.0604. The number of carbonyl (C=O) groups is 1. The van der Waals surface area contributed by atoms with Crippen LogP contribution in [-0.2, 0) is 32.3 Å². The van der Waals surface area contributed by atoms with Gasteiger partial charge in [0.2, 0.25) is 5.91 Å². The molecule has 0 saturated heterocycles. The van der Waals surface area contributed by atoms with E-state index in [1.807, 2.05) is 0 Å². The molecule has 1 aliphatic heterocycles. The normalized spacial score (nSPS) is 24.2. The fourth-order valence-corrected chi connectivity index (χ4v) is 7.45. The summed E-state index contributed by atoms with van der Waals surface area (Å²) < 4.78 is 69.5. The van der Waals surface area contributed by atoms with Gasteiger partial charge in [-0.1, -0.05) is 20.8 Å². The summed E-state index contributed by atoms with van der Waals surface area (Å²) in [7, 11) is -2.21. The smallest absolute Gasteiger partial charge is 0.369 e. The molecule has 1 fully saturated rings. The van der Waals surface area contributed by atoms with Gasteiger partial charge in [0.25, 0.3) is 0 Å². The summed E-state index contributed by atoms with van der Waals surface area (Å²) in [6.45, 7) is 7.09. The van der Waals surface area contributed by atoms with E-state index in [4.69, 9.17) is 9.72 Å². The Balaban J connectivity index is 1.36. The second-order valence-corrected chi connectivity index (χ2v) is 14.1. The third-order valence-corrected chi connectivity index (χ3v) is 10.5. The molecule has 0 bridgehead atoms. The molecule has 1 N–H and O–H groups in total. The minimum Gasteiger partial charge on any atom is -0.369 e. The lowest BCUT2D eigenvalue weighted by Crippen LogP contribution is -2.50. The molecule has 4 rings (SSSR count). The second-order valence-electron chi connectivity index (χ2n) is 10.7. The zero-order valence-electron chi connectivity index (χ0n) is 22.5. The van der Waals surface area contributed by atoms with E-state index in [1.54, 1.807) is 6.92 Å². The van der Waals surface area contributed by atoms with Gasteiger partial charge in [-0.25, -0.2) is 13.4 Å². The van der Waals surface area contributed by atoms with E-state index >= 15 is 0 Å². The first-order valence-corrected chi connectivity index (χ1v) is 15.6. The van der Waals surface area contributed by atoms with Crippen LogP contribution in [0.1, 0.15) is 68.8 Å².